The quantitative estimate of drug-likeness (QED) is 0.819. The van der Waals surface area contributed by atoms with Crippen LogP contribution in [0.1, 0.15) is 5.82 Å². The first-order valence-electron chi connectivity index (χ1n) is 3.64. The van der Waals surface area contributed by atoms with E-state index in [0.717, 1.165) is 0 Å². The minimum atomic E-state index is -0.0951. The molecule has 1 aromatic rings. The normalized spacial score (nSPS) is 11.0. The summed E-state index contributed by atoms with van der Waals surface area (Å²) in [5.41, 5.74) is 1.29. The summed E-state index contributed by atoms with van der Waals surface area (Å²) in [6.45, 7) is 2.22. The van der Waals surface area contributed by atoms with Crippen molar-refractivity contribution < 1.29 is 0 Å². The molecule has 0 N–H and O–H groups in total. The van der Waals surface area contributed by atoms with Crippen molar-refractivity contribution in [3.8, 4) is 0 Å². The fraction of sp³-hybridized carbons (Fsp3) is 0.250. The first-order chi connectivity index (χ1) is 6.16. The summed E-state index contributed by atoms with van der Waals surface area (Å²) in [7, 11) is 0. The van der Waals surface area contributed by atoms with Crippen LogP contribution in [0, 0.1) is 6.92 Å². The molecule has 3 nitrogen and oxygen atoms in total. The summed E-state index contributed by atoms with van der Waals surface area (Å²) >= 11 is 8.49. The van der Waals surface area contributed by atoms with E-state index in [-0.39, 0.29) is 5.56 Å². The number of aryl methyl sites for hydroxylation is 1. The zero-order valence-corrected chi connectivity index (χ0v) is 9.34. The Morgan fingerprint density at radius 2 is 2.46 bits per heavy atom. The topological polar surface area (TPSA) is 34.9 Å². The highest BCUT2D eigenvalue weighted by Gasteiger charge is 2.02. The van der Waals surface area contributed by atoms with Crippen molar-refractivity contribution in [3.63, 3.8) is 0 Å². The van der Waals surface area contributed by atoms with Crippen molar-refractivity contribution in [2.75, 3.05) is 0 Å². The second kappa shape index (κ2) is 4.58. The van der Waals surface area contributed by atoms with Gasteiger partial charge < -0.3 is 0 Å². The molecule has 0 saturated heterocycles. The third-order valence-corrected chi connectivity index (χ3v) is 2.30. The fourth-order valence-corrected chi connectivity index (χ4v) is 1.31. The van der Waals surface area contributed by atoms with Gasteiger partial charge in [-0.2, -0.15) is 0 Å². The number of hydrogen-bond donors (Lipinski definition) is 0. The predicted molar refractivity (Wildman–Crippen MR) is 55.9 cm³/mol. The lowest BCUT2D eigenvalue weighted by atomic mass is 10.5. The van der Waals surface area contributed by atoms with Crippen LogP contribution in [0.15, 0.2) is 27.1 Å². The number of halogens is 2. The van der Waals surface area contributed by atoms with Crippen LogP contribution in [-0.4, -0.2) is 9.55 Å². The molecule has 5 heteroatoms. The van der Waals surface area contributed by atoms with Crippen molar-refractivity contribution in [2.24, 2.45) is 0 Å². The van der Waals surface area contributed by atoms with E-state index in [4.69, 9.17) is 11.6 Å². The van der Waals surface area contributed by atoms with Gasteiger partial charge in [0.05, 0.1) is 0 Å². The molecular formula is C8H8BrClN2O. The molecule has 0 aliphatic carbocycles. The molecule has 70 valence electrons. The largest absolute Gasteiger partial charge is 0.292 e. The Hall–Kier alpha value is -0.610. The van der Waals surface area contributed by atoms with Crippen molar-refractivity contribution in [2.45, 2.75) is 13.5 Å². The number of allylic oxidation sites excluding steroid dienone is 1. The number of hydrogen-bond acceptors (Lipinski definition) is 2. The highest BCUT2D eigenvalue weighted by molar-refractivity contribution is 9.10. The second-order valence-electron chi connectivity index (χ2n) is 2.43. The van der Waals surface area contributed by atoms with E-state index in [0.29, 0.717) is 16.8 Å². The van der Waals surface area contributed by atoms with E-state index in [1.165, 1.54) is 16.3 Å². The molecule has 0 fully saturated rings. The van der Waals surface area contributed by atoms with Crippen molar-refractivity contribution in [1.82, 2.24) is 9.55 Å². The highest BCUT2D eigenvalue weighted by atomic mass is 79.9. The van der Waals surface area contributed by atoms with Crippen LogP contribution < -0.4 is 5.56 Å². The molecule has 0 aliphatic heterocycles. The molecule has 0 spiro atoms. The van der Waals surface area contributed by atoms with Crippen molar-refractivity contribution in [1.29, 1.82) is 0 Å². The highest BCUT2D eigenvalue weighted by Crippen LogP contribution is 2.01. The summed E-state index contributed by atoms with van der Waals surface area (Å²) in [6.07, 6.45) is 3.18. The van der Waals surface area contributed by atoms with Crippen LogP contribution in [0.5, 0.6) is 0 Å². The summed E-state index contributed by atoms with van der Waals surface area (Å²) in [5, 5.41) is 0. The molecule has 0 aromatic carbocycles. The molecule has 0 unspecified atom stereocenters. The number of aromatic nitrogens is 2. The Morgan fingerprint density at radius 1 is 1.77 bits per heavy atom. The number of rotatable bonds is 2. The molecule has 1 rings (SSSR count). The lowest BCUT2D eigenvalue weighted by Crippen LogP contribution is -2.23. The average Bonchev–Trinajstić information content (AvgIpc) is 2.12. The Bertz CT molecular complexity index is 386. The standard InChI is InChI=1S/C8H8BrClN2O/c1-6-11-5-7(9)8(13)12(6)4-2-3-10/h2-3,5H,4H2,1H3. The van der Waals surface area contributed by atoms with E-state index < -0.39 is 0 Å². The summed E-state index contributed by atoms with van der Waals surface area (Å²) in [5.74, 6) is 0.669. The zero-order valence-electron chi connectivity index (χ0n) is 7.00. The monoisotopic (exact) mass is 262 g/mol. The average molecular weight is 264 g/mol. The molecule has 13 heavy (non-hydrogen) atoms. The van der Waals surface area contributed by atoms with Crippen LogP contribution in [0.2, 0.25) is 0 Å². The molecule has 0 saturated carbocycles. The van der Waals surface area contributed by atoms with Crippen LogP contribution >= 0.6 is 27.5 Å². The molecular weight excluding hydrogens is 255 g/mol. The lowest BCUT2D eigenvalue weighted by molar-refractivity contribution is 0.710. The van der Waals surface area contributed by atoms with Gasteiger partial charge in [0, 0.05) is 18.3 Å². The first kappa shape index (κ1) is 10.5. The maximum absolute atomic E-state index is 11.5. The van der Waals surface area contributed by atoms with Crippen LogP contribution in [0.3, 0.4) is 0 Å². The van der Waals surface area contributed by atoms with E-state index >= 15 is 0 Å². The Morgan fingerprint density at radius 3 is 3.08 bits per heavy atom. The van der Waals surface area contributed by atoms with Gasteiger partial charge in [0.25, 0.3) is 5.56 Å². The smallest absolute Gasteiger partial charge is 0.268 e. The lowest BCUT2D eigenvalue weighted by Gasteiger charge is -2.05. The summed E-state index contributed by atoms with van der Waals surface area (Å²) in [4.78, 5) is 15.5. The van der Waals surface area contributed by atoms with E-state index in [1.54, 1.807) is 13.0 Å². The summed E-state index contributed by atoms with van der Waals surface area (Å²) in [6, 6.07) is 0. The molecule has 0 atom stereocenters. The Balaban J connectivity index is 3.18. The third-order valence-electron chi connectivity index (χ3n) is 1.58. The second-order valence-corrected chi connectivity index (χ2v) is 3.54. The molecule has 0 aliphatic rings. The zero-order chi connectivity index (χ0) is 9.84. The van der Waals surface area contributed by atoms with Gasteiger partial charge in [0.15, 0.2) is 0 Å². The molecule has 1 aromatic heterocycles. The van der Waals surface area contributed by atoms with Gasteiger partial charge in [-0.1, -0.05) is 17.7 Å². The summed E-state index contributed by atoms with van der Waals surface area (Å²) < 4.78 is 1.99. The van der Waals surface area contributed by atoms with Crippen LogP contribution in [-0.2, 0) is 6.54 Å². The number of nitrogens with zero attached hydrogens (tertiary/aromatic N) is 2. The van der Waals surface area contributed by atoms with Crippen LogP contribution in [0.25, 0.3) is 0 Å². The minimum Gasteiger partial charge on any atom is -0.292 e. The maximum Gasteiger partial charge on any atom is 0.268 e. The van der Waals surface area contributed by atoms with Gasteiger partial charge in [-0.05, 0) is 22.9 Å². The van der Waals surface area contributed by atoms with E-state index in [1.807, 2.05) is 0 Å². The van der Waals surface area contributed by atoms with Gasteiger partial charge in [-0.25, -0.2) is 4.98 Å². The molecule has 1 heterocycles. The minimum absolute atomic E-state index is 0.0951. The van der Waals surface area contributed by atoms with Gasteiger partial charge in [0.1, 0.15) is 10.3 Å². The van der Waals surface area contributed by atoms with E-state index in [2.05, 4.69) is 20.9 Å². The first-order valence-corrected chi connectivity index (χ1v) is 4.87. The van der Waals surface area contributed by atoms with Gasteiger partial charge in [-0.15, -0.1) is 0 Å². The fourth-order valence-electron chi connectivity index (χ4n) is 0.911. The van der Waals surface area contributed by atoms with Gasteiger partial charge in [-0.3, -0.25) is 9.36 Å². The molecule has 0 bridgehead atoms. The molecule has 0 radical (unpaired) electrons. The Kier molecular flexibility index (Phi) is 3.69. The molecule has 0 amide bonds. The Labute approximate surface area is 89.2 Å². The van der Waals surface area contributed by atoms with Gasteiger partial charge in [0.2, 0.25) is 0 Å². The third kappa shape index (κ3) is 2.42. The van der Waals surface area contributed by atoms with Crippen molar-refractivity contribution in [3.05, 3.63) is 38.5 Å². The SMILES string of the molecule is Cc1ncc(Br)c(=O)n1CC=CCl. The van der Waals surface area contributed by atoms with E-state index in [9.17, 15) is 4.79 Å². The van der Waals surface area contributed by atoms with Crippen LogP contribution in [0.4, 0.5) is 0 Å². The van der Waals surface area contributed by atoms with Gasteiger partial charge >= 0.3 is 0 Å². The predicted octanol–water partition coefficient (Wildman–Crippen LogP) is 2.07. The van der Waals surface area contributed by atoms with Crippen molar-refractivity contribution >= 4 is 27.5 Å². The maximum atomic E-state index is 11.5.